The summed E-state index contributed by atoms with van der Waals surface area (Å²) in [5.41, 5.74) is 2.61. The molecular weight excluding hydrogens is 233 g/mol. The predicted octanol–water partition coefficient (Wildman–Crippen LogP) is 2.89. The maximum absolute atomic E-state index is 12.0. The Labute approximate surface area is 106 Å². The number of unbranched alkanes of at least 4 members (excludes halogenated alkanes) is 2. The Balaban J connectivity index is 1.98. The van der Waals surface area contributed by atoms with E-state index in [0.717, 1.165) is 43.6 Å². The summed E-state index contributed by atoms with van der Waals surface area (Å²) in [6.45, 7) is 1.63. The van der Waals surface area contributed by atoms with E-state index in [-0.39, 0.29) is 6.67 Å². The van der Waals surface area contributed by atoms with Crippen LogP contribution >= 0.6 is 0 Å². The molecule has 4 heteroatoms. The van der Waals surface area contributed by atoms with E-state index in [2.05, 4.69) is 4.90 Å². The maximum Gasteiger partial charge on any atom is 0.335 e. The van der Waals surface area contributed by atoms with Crippen molar-refractivity contribution in [3.8, 4) is 0 Å². The molecule has 0 radical (unpaired) electrons. The van der Waals surface area contributed by atoms with E-state index in [1.54, 1.807) is 12.1 Å². The summed E-state index contributed by atoms with van der Waals surface area (Å²) in [5, 5.41) is 8.93. The second kappa shape index (κ2) is 5.85. The summed E-state index contributed by atoms with van der Waals surface area (Å²) in [5.74, 6) is -0.876. The standard InChI is InChI=1S/C14H18FNO2/c15-7-2-1-3-8-16-9-6-11-10-12(14(17)18)4-5-13(11)16/h4-5,10H,1-3,6-9H2,(H,17,18). The number of halogens is 1. The number of anilines is 1. The number of alkyl halides is 1. The molecule has 2 rings (SSSR count). The highest BCUT2D eigenvalue weighted by atomic mass is 19.1. The number of fused-ring (bicyclic) bond motifs is 1. The topological polar surface area (TPSA) is 40.5 Å². The van der Waals surface area contributed by atoms with Gasteiger partial charge in [0, 0.05) is 18.8 Å². The average Bonchev–Trinajstić information content (AvgIpc) is 2.77. The number of carboxylic acid groups (broad SMARTS) is 1. The second-order valence-electron chi connectivity index (χ2n) is 4.64. The molecule has 0 atom stereocenters. The van der Waals surface area contributed by atoms with E-state index < -0.39 is 5.97 Å². The summed E-state index contributed by atoms with van der Waals surface area (Å²) in [4.78, 5) is 13.1. The normalized spacial score (nSPS) is 13.7. The molecule has 1 aromatic rings. The number of hydrogen-bond donors (Lipinski definition) is 1. The number of carboxylic acids is 1. The first-order chi connectivity index (χ1) is 8.72. The molecule has 0 aliphatic carbocycles. The quantitative estimate of drug-likeness (QED) is 0.790. The molecule has 0 bridgehead atoms. The molecule has 0 aromatic heterocycles. The molecule has 1 N–H and O–H groups in total. The van der Waals surface area contributed by atoms with Crippen molar-refractivity contribution >= 4 is 11.7 Å². The molecule has 0 saturated carbocycles. The number of aromatic carboxylic acids is 1. The molecule has 18 heavy (non-hydrogen) atoms. The Hall–Kier alpha value is -1.58. The van der Waals surface area contributed by atoms with Gasteiger partial charge in [-0.1, -0.05) is 0 Å². The van der Waals surface area contributed by atoms with Gasteiger partial charge in [0.05, 0.1) is 12.2 Å². The first kappa shape index (κ1) is 12.9. The number of hydrogen-bond acceptors (Lipinski definition) is 2. The van der Waals surface area contributed by atoms with Crippen LogP contribution in [-0.4, -0.2) is 30.8 Å². The monoisotopic (exact) mass is 251 g/mol. The maximum atomic E-state index is 12.0. The minimum absolute atomic E-state index is 0.238. The molecule has 1 heterocycles. The lowest BCUT2D eigenvalue weighted by Crippen LogP contribution is -2.21. The third kappa shape index (κ3) is 2.81. The highest BCUT2D eigenvalue weighted by Crippen LogP contribution is 2.29. The van der Waals surface area contributed by atoms with Crippen molar-refractivity contribution in [3.63, 3.8) is 0 Å². The van der Waals surface area contributed by atoms with Crippen molar-refractivity contribution in [1.82, 2.24) is 0 Å². The van der Waals surface area contributed by atoms with Crippen molar-refractivity contribution in [1.29, 1.82) is 0 Å². The van der Waals surface area contributed by atoms with Crippen LogP contribution in [0.4, 0.5) is 10.1 Å². The van der Waals surface area contributed by atoms with Gasteiger partial charge >= 0.3 is 5.97 Å². The zero-order chi connectivity index (χ0) is 13.0. The van der Waals surface area contributed by atoms with Gasteiger partial charge in [-0.3, -0.25) is 4.39 Å². The minimum atomic E-state index is -0.876. The molecule has 0 amide bonds. The smallest absolute Gasteiger partial charge is 0.335 e. The number of nitrogens with zero attached hydrogens (tertiary/aromatic N) is 1. The molecule has 0 spiro atoms. The van der Waals surface area contributed by atoms with Crippen LogP contribution in [0.5, 0.6) is 0 Å². The largest absolute Gasteiger partial charge is 0.478 e. The molecular formula is C14H18FNO2. The molecule has 1 aliphatic rings. The van der Waals surface area contributed by atoms with Crippen LogP contribution < -0.4 is 4.90 Å². The zero-order valence-electron chi connectivity index (χ0n) is 10.4. The summed E-state index contributed by atoms with van der Waals surface area (Å²) < 4.78 is 12.0. The Kier molecular flexibility index (Phi) is 4.18. The van der Waals surface area contributed by atoms with Gasteiger partial charge < -0.3 is 10.0 Å². The third-order valence-electron chi connectivity index (χ3n) is 3.38. The number of benzene rings is 1. The molecule has 1 aliphatic heterocycles. The highest BCUT2D eigenvalue weighted by molar-refractivity contribution is 5.88. The van der Waals surface area contributed by atoms with E-state index in [9.17, 15) is 9.18 Å². The average molecular weight is 251 g/mol. The lowest BCUT2D eigenvalue weighted by molar-refractivity contribution is 0.0697. The lowest BCUT2D eigenvalue weighted by Gasteiger charge is -2.19. The van der Waals surface area contributed by atoms with Gasteiger partial charge in [-0.05, 0) is 49.4 Å². The molecule has 1 aromatic carbocycles. The first-order valence-corrected chi connectivity index (χ1v) is 6.39. The predicted molar refractivity (Wildman–Crippen MR) is 69.1 cm³/mol. The molecule has 0 unspecified atom stereocenters. The third-order valence-corrected chi connectivity index (χ3v) is 3.38. The van der Waals surface area contributed by atoms with Crippen LogP contribution in [0.25, 0.3) is 0 Å². The van der Waals surface area contributed by atoms with E-state index in [0.29, 0.717) is 12.0 Å². The Morgan fingerprint density at radius 3 is 2.89 bits per heavy atom. The van der Waals surface area contributed by atoms with Crippen LogP contribution in [-0.2, 0) is 6.42 Å². The summed E-state index contributed by atoms with van der Waals surface area (Å²) in [6, 6.07) is 5.31. The van der Waals surface area contributed by atoms with E-state index in [1.165, 1.54) is 0 Å². The van der Waals surface area contributed by atoms with Gasteiger partial charge in [-0.25, -0.2) is 4.79 Å². The van der Waals surface area contributed by atoms with Gasteiger partial charge in [-0.2, -0.15) is 0 Å². The summed E-state index contributed by atoms with van der Waals surface area (Å²) in [6.07, 6.45) is 3.44. The Morgan fingerprint density at radius 1 is 1.33 bits per heavy atom. The fourth-order valence-electron chi connectivity index (χ4n) is 2.41. The van der Waals surface area contributed by atoms with E-state index >= 15 is 0 Å². The van der Waals surface area contributed by atoms with Crippen LogP contribution in [0.1, 0.15) is 35.2 Å². The Morgan fingerprint density at radius 2 is 2.17 bits per heavy atom. The molecule has 0 fully saturated rings. The van der Waals surface area contributed by atoms with Gasteiger partial charge in [0.2, 0.25) is 0 Å². The van der Waals surface area contributed by atoms with Crippen molar-refractivity contribution in [2.75, 3.05) is 24.7 Å². The SMILES string of the molecule is O=C(O)c1ccc2c(c1)CCN2CCCCCF. The Bertz CT molecular complexity index is 434. The van der Waals surface area contributed by atoms with Gasteiger partial charge in [0.15, 0.2) is 0 Å². The van der Waals surface area contributed by atoms with Gasteiger partial charge in [-0.15, -0.1) is 0 Å². The van der Waals surface area contributed by atoms with Crippen molar-refractivity contribution < 1.29 is 14.3 Å². The van der Waals surface area contributed by atoms with Gasteiger partial charge in [0.25, 0.3) is 0 Å². The summed E-state index contributed by atoms with van der Waals surface area (Å²) >= 11 is 0. The van der Waals surface area contributed by atoms with Crippen LogP contribution in [0.2, 0.25) is 0 Å². The highest BCUT2D eigenvalue weighted by Gasteiger charge is 2.19. The minimum Gasteiger partial charge on any atom is -0.478 e. The van der Waals surface area contributed by atoms with Crippen LogP contribution in [0, 0.1) is 0 Å². The fourth-order valence-corrected chi connectivity index (χ4v) is 2.41. The van der Waals surface area contributed by atoms with E-state index in [1.807, 2.05) is 6.07 Å². The zero-order valence-corrected chi connectivity index (χ0v) is 10.4. The second-order valence-corrected chi connectivity index (χ2v) is 4.64. The first-order valence-electron chi connectivity index (χ1n) is 6.39. The van der Waals surface area contributed by atoms with Crippen LogP contribution in [0.3, 0.4) is 0 Å². The molecule has 0 saturated heterocycles. The molecule has 3 nitrogen and oxygen atoms in total. The van der Waals surface area contributed by atoms with E-state index in [4.69, 9.17) is 5.11 Å². The van der Waals surface area contributed by atoms with Crippen LogP contribution in [0.15, 0.2) is 18.2 Å². The molecule has 98 valence electrons. The lowest BCUT2D eigenvalue weighted by atomic mass is 10.1. The van der Waals surface area contributed by atoms with Crippen molar-refractivity contribution in [3.05, 3.63) is 29.3 Å². The number of carbonyl (C=O) groups is 1. The fraction of sp³-hybridized carbons (Fsp3) is 0.500. The van der Waals surface area contributed by atoms with Gasteiger partial charge in [0.1, 0.15) is 0 Å². The number of rotatable bonds is 6. The van der Waals surface area contributed by atoms with Crippen molar-refractivity contribution in [2.24, 2.45) is 0 Å². The van der Waals surface area contributed by atoms with Crippen molar-refractivity contribution in [2.45, 2.75) is 25.7 Å². The summed E-state index contributed by atoms with van der Waals surface area (Å²) in [7, 11) is 0.